The first-order chi connectivity index (χ1) is 10.3. The molecule has 2 aromatic rings. The number of nitrogens with zero attached hydrogens (tertiary/aromatic N) is 2. The summed E-state index contributed by atoms with van der Waals surface area (Å²) in [5, 5.41) is 8.82. The number of hydrogen-bond acceptors (Lipinski definition) is 6. The number of hydrogen-bond donors (Lipinski definition) is 2. The third kappa shape index (κ3) is 3.85. The molecule has 0 radical (unpaired) electrons. The van der Waals surface area contributed by atoms with Crippen molar-refractivity contribution in [1.29, 1.82) is 0 Å². The number of methoxy groups -OCH3 is 1. The lowest BCUT2D eigenvalue weighted by molar-refractivity contribution is 0.414. The van der Waals surface area contributed by atoms with Crippen LogP contribution in [0.15, 0.2) is 23.8 Å². The highest BCUT2D eigenvalue weighted by Gasteiger charge is 2.16. The summed E-state index contributed by atoms with van der Waals surface area (Å²) in [4.78, 5) is 9.89. The smallest absolute Gasteiger partial charge is 0.204 e. The molecular formula is C15H22N4OS. The Morgan fingerprint density at radius 2 is 2.10 bits per heavy atom. The van der Waals surface area contributed by atoms with Crippen LogP contribution in [0, 0.1) is 0 Å². The predicted octanol–water partition coefficient (Wildman–Crippen LogP) is 3.93. The first-order valence-electron chi connectivity index (χ1n) is 7.22. The number of aromatic nitrogens is 2. The van der Waals surface area contributed by atoms with Crippen LogP contribution in [0.2, 0.25) is 0 Å². The third-order valence-electron chi connectivity index (χ3n) is 3.16. The highest BCUT2D eigenvalue weighted by atomic mass is 32.1. The van der Waals surface area contributed by atoms with Gasteiger partial charge in [-0.2, -0.15) is 0 Å². The van der Waals surface area contributed by atoms with E-state index in [1.165, 1.54) is 4.88 Å². The molecule has 1 unspecified atom stereocenters. The standard InChI is InChI=1S/C15H22N4OS/c1-4-8-16-14-13(20-3)15(18-10-17-14)19-11(5-2)12-7-6-9-21-12/h6-7,9-11H,4-5,8H2,1-3H3,(H2,16,17,18,19). The van der Waals surface area contributed by atoms with Gasteiger partial charge in [0.2, 0.25) is 5.75 Å². The fourth-order valence-electron chi connectivity index (χ4n) is 2.07. The Balaban J connectivity index is 2.22. The van der Waals surface area contributed by atoms with Crippen LogP contribution in [-0.4, -0.2) is 23.6 Å². The Morgan fingerprint density at radius 1 is 1.29 bits per heavy atom. The van der Waals surface area contributed by atoms with Crippen LogP contribution in [0.5, 0.6) is 5.75 Å². The first kappa shape index (κ1) is 15.6. The Kier molecular flexibility index (Phi) is 5.80. The molecule has 2 rings (SSSR count). The molecule has 0 aliphatic carbocycles. The van der Waals surface area contributed by atoms with Crippen LogP contribution < -0.4 is 15.4 Å². The Morgan fingerprint density at radius 3 is 2.71 bits per heavy atom. The van der Waals surface area contributed by atoms with E-state index < -0.39 is 0 Å². The maximum atomic E-state index is 5.49. The monoisotopic (exact) mass is 306 g/mol. The molecule has 0 fully saturated rings. The largest absolute Gasteiger partial charge is 0.490 e. The van der Waals surface area contributed by atoms with E-state index in [4.69, 9.17) is 4.74 Å². The second kappa shape index (κ2) is 7.83. The molecule has 0 bridgehead atoms. The minimum absolute atomic E-state index is 0.229. The van der Waals surface area contributed by atoms with E-state index in [-0.39, 0.29) is 6.04 Å². The van der Waals surface area contributed by atoms with Crippen LogP contribution in [-0.2, 0) is 0 Å². The van der Waals surface area contributed by atoms with Gasteiger partial charge in [-0.15, -0.1) is 11.3 Å². The van der Waals surface area contributed by atoms with Gasteiger partial charge in [0.05, 0.1) is 13.2 Å². The zero-order chi connectivity index (χ0) is 15.1. The molecule has 1 atom stereocenters. The topological polar surface area (TPSA) is 59.1 Å². The van der Waals surface area contributed by atoms with Gasteiger partial charge in [-0.25, -0.2) is 9.97 Å². The summed E-state index contributed by atoms with van der Waals surface area (Å²) in [5.74, 6) is 2.13. The second-order valence-corrected chi connectivity index (χ2v) is 5.63. The third-order valence-corrected chi connectivity index (χ3v) is 4.14. The summed E-state index contributed by atoms with van der Waals surface area (Å²) in [6.07, 6.45) is 3.57. The van der Waals surface area contributed by atoms with Crippen LogP contribution in [0.1, 0.15) is 37.6 Å². The average Bonchev–Trinajstić information content (AvgIpc) is 3.04. The fourth-order valence-corrected chi connectivity index (χ4v) is 2.93. The van der Waals surface area contributed by atoms with E-state index in [0.29, 0.717) is 5.75 Å². The van der Waals surface area contributed by atoms with E-state index in [2.05, 4.69) is 52.0 Å². The number of ether oxygens (including phenoxy) is 1. The van der Waals surface area contributed by atoms with E-state index in [1.807, 2.05) is 0 Å². The van der Waals surface area contributed by atoms with Crippen LogP contribution in [0.4, 0.5) is 11.6 Å². The number of anilines is 2. The second-order valence-electron chi connectivity index (χ2n) is 4.65. The maximum Gasteiger partial charge on any atom is 0.204 e. The van der Waals surface area contributed by atoms with E-state index in [1.54, 1.807) is 24.8 Å². The highest BCUT2D eigenvalue weighted by Crippen LogP contribution is 2.33. The molecule has 114 valence electrons. The molecule has 0 saturated heterocycles. The summed E-state index contributed by atoms with van der Waals surface area (Å²) in [7, 11) is 1.65. The van der Waals surface area contributed by atoms with E-state index in [0.717, 1.165) is 31.0 Å². The van der Waals surface area contributed by atoms with Crippen molar-refractivity contribution in [3.05, 3.63) is 28.7 Å². The molecule has 21 heavy (non-hydrogen) atoms. The zero-order valence-electron chi connectivity index (χ0n) is 12.7. The van der Waals surface area contributed by atoms with Crippen molar-refractivity contribution in [3.63, 3.8) is 0 Å². The lowest BCUT2D eigenvalue weighted by Gasteiger charge is -2.19. The molecule has 5 nitrogen and oxygen atoms in total. The van der Waals surface area contributed by atoms with Crippen molar-refractivity contribution < 1.29 is 4.74 Å². The van der Waals surface area contributed by atoms with Gasteiger partial charge in [0.25, 0.3) is 0 Å². The Labute approximate surface area is 129 Å². The fraction of sp³-hybridized carbons (Fsp3) is 0.467. The summed E-state index contributed by atoms with van der Waals surface area (Å²) in [6, 6.07) is 4.43. The molecule has 0 amide bonds. The van der Waals surface area contributed by atoms with Crippen LogP contribution >= 0.6 is 11.3 Å². The zero-order valence-corrected chi connectivity index (χ0v) is 13.5. The molecule has 6 heteroatoms. The van der Waals surface area contributed by atoms with Crippen molar-refractivity contribution in [3.8, 4) is 5.75 Å². The summed E-state index contributed by atoms with van der Waals surface area (Å²) >= 11 is 1.74. The minimum atomic E-state index is 0.229. The van der Waals surface area contributed by atoms with Gasteiger partial charge < -0.3 is 15.4 Å². The van der Waals surface area contributed by atoms with Gasteiger partial charge in [0.1, 0.15) is 6.33 Å². The van der Waals surface area contributed by atoms with Gasteiger partial charge in [0, 0.05) is 11.4 Å². The van der Waals surface area contributed by atoms with Crippen LogP contribution in [0.3, 0.4) is 0 Å². The molecular weight excluding hydrogens is 284 g/mol. The van der Waals surface area contributed by atoms with Gasteiger partial charge in [-0.1, -0.05) is 19.9 Å². The minimum Gasteiger partial charge on any atom is -0.490 e. The van der Waals surface area contributed by atoms with E-state index in [9.17, 15) is 0 Å². The van der Waals surface area contributed by atoms with Crippen molar-refractivity contribution in [2.75, 3.05) is 24.3 Å². The lowest BCUT2D eigenvalue weighted by atomic mass is 10.2. The van der Waals surface area contributed by atoms with Gasteiger partial charge >= 0.3 is 0 Å². The predicted molar refractivity (Wildman–Crippen MR) is 88.3 cm³/mol. The Hall–Kier alpha value is -1.82. The molecule has 0 spiro atoms. The maximum absolute atomic E-state index is 5.49. The number of rotatable bonds is 8. The highest BCUT2D eigenvalue weighted by molar-refractivity contribution is 7.10. The number of nitrogens with one attached hydrogen (secondary N) is 2. The van der Waals surface area contributed by atoms with Gasteiger partial charge in [-0.3, -0.25) is 0 Å². The summed E-state index contributed by atoms with van der Waals surface area (Å²) < 4.78 is 5.49. The molecule has 0 saturated carbocycles. The molecule has 0 aliphatic heterocycles. The van der Waals surface area contributed by atoms with Crippen molar-refractivity contribution in [1.82, 2.24) is 9.97 Å². The molecule has 2 heterocycles. The molecule has 2 N–H and O–H groups in total. The SMILES string of the molecule is CCCNc1ncnc(NC(CC)c2cccs2)c1OC. The number of thiophene rings is 1. The summed E-state index contributed by atoms with van der Waals surface area (Å²) in [5.41, 5.74) is 0. The van der Waals surface area contributed by atoms with Crippen molar-refractivity contribution in [2.45, 2.75) is 32.7 Å². The quantitative estimate of drug-likeness (QED) is 0.774. The summed E-state index contributed by atoms with van der Waals surface area (Å²) in [6.45, 7) is 5.12. The van der Waals surface area contributed by atoms with Gasteiger partial charge in [-0.05, 0) is 24.3 Å². The van der Waals surface area contributed by atoms with Gasteiger partial charge in [0.15, 0.2) is 11.6 Å². The van der Waals surface area contributed by atoms with Crippen molar-refractivity contribution >= 4 is 23.0 Å². The normalized spacial score (nSPS) is 12.0. The lowest BCUT2D eigenvalue weighted by Crippen LogP contribution is -2.12. The molecule has 0 aliphatic rings. The van der Waals surface area contributed by atoms with Crippen molar-refractivity contribution in [2.24, 2.45) is 0 Å². The molecule has 0 aromatic carbocycles. The Bertz CT molecular complexity index is 545. The molecule has 2 aromatic heterocycles. The van der Waals surface area contributed by atoms with Crippen LogP contribution in [0.25, 0.3) is 0 Å². The average molecular weight is 306 g/mol. The van der Waals surface area contributed by atoms with E-state index >= 15 is 0 Å². The first-order valence-corrected chi connectivity index (χ1v) is 8.10.